The third kappa shape index (κ3) is 4.43. The quantitative estimate of drug-likeness (QED) is 0.619. The number of hydrogen-bond acceptors (Lipinski definition) is 8. The number of ether oxygens (including phenoxy) is 4. The molecule has 0 radical (unpaired) electrons. The number of carbonyl (C=O) groups is 1. The van der Waals surface area contributed by atoms with Crippen molar-refractivity contribution in [3.8, 4) is 28.7 Å². The molecule has 182 valence electrons. The molecule has 0 unspecified atom stereocenters. The Morgan fingerprint density at radius 1 is 1.00 bits per heavy atom. The Balaban J connectivity index is 1.67. The van der Waals surface area contributed by atoms with Crippen LogP contribution in [0.1, 0.15) is 34.0 Å². The number of likely N-dealkylation sites (N-methyl/N-ethyl adjacent to an activating group) is 1. The van der Waals surface area contributed by atoms with E-state index < -0.39 is 0 Å². The lowest BCUT2D eigenvalue weighted by Gasteiger charge is -2.34. The number of methoxy groups -OCH3 is 3. The van der Waals surface area contributed by atoms with E-state index in [0.717, 1.165) is 32.7 Å². The van der Waals surface area contributed by atoms with Crippen LogP contribution in [-0.2, 0) is 6.54 Å². The highest BCUT2D eigenvalue weighted by atomic mass is 16.5. The highest BCUT2D eigenvalue weighted by molar-refractivity contribution is 6.16. The monoisotopic (exact) mass is 468 g/mol. The number of allylic oxidation sites excluding steroid dienone is 1. The first-order valence-electron chi connectivity index (χ1n) is 11.4. The van der Waals surface area contributed by atoms with E-state index in [1.54, 1.807) is 38.5 Å². The van der Waals surface area contributed by atoms with Gasteiger partial charge in [0.15, 0.2) is 17.3 Å². The Morgan fingerprint density at radius 2 is 1.62 bits per heavy atom. The number of rotatable bonds is 7. The van der Waals surface area contributed by atoms with Gasteiger partial charge in [0.05, 0.1) is 32.5 Å². The van der Waals surface area contributed by atoms with Crippen molar-refractivity contribution in [1.29, 1.82) is 0 Å². The zero-order valence-electron chi connectivity index (χ0n) is 20.4. The molecule has 2 aliphatic rings. The maximum absolute atomic E-state index is 13.3. The SMILES string of the molecule is CCN1CCN(Cc2c(O)cc(C)c3c2O/C(=C\c2cc(OC)c(OC)c(OC)c2)C3=O)CC1. The van der Waals surface area contributed by atoms with Crippen LogP contribution in [0.4, 0.5) is 0 Å². The number of phenolic OH excluding ortho intramolecular Hbond substituents is 1. The van der Waals surface area contributed by atoms with Crippen LogP contribution in [0.25, 0.3) is 6.08 Å². The first kappa shape index (κ1) is 23.9. The summed E-state index contributed by atoms with van der Waals surface area (Å²) in [4.78, 5) is 18.0. The van der Waals surface area contributed by atoms with Crippen molar-refractivity contribution < 1.29 is 28.8 Å². The molecule has 2 heterocycles. The van der Waals surface area contributed by atoms with Crippen LogP contribution in [0.15, 0.2) is 24.0 Å². The molecule has 34 heavy (non-hydrogen) atoms. The first-order chi connectivity index (χ1) is 16.4. The molecule has 8 nitrogen and oxygen atoms in total. The van der Waals surface area contributed by atoms with Crippen LogP contribution >= 0.6 is 0 Å². The average Bonchev–Trinajstić information content (AvgIpc) is 3.17. The van der Waals surface area contributed by atoms with Gasteiger partial charge in [-0.3, -0.25) is 9.69 Å². The molecular weight excluding hydrogens is 436 g/mol. The van der Waals surface area contributed by atoms with Gasteiger partial charge in [-0.2, -0.15) is 0 Å². The normalized spacial score (nSPS) is 17.6. The summed E-state index contributed by atoms with van der Waals surface area (Å²) in [6, 6.07) is 5.17. The largest absolute Gasteiger partial charge is 0.507 e. The smallest absolute Gasteiger partial charge is 0.232 e. The number of piperazine rings is 1. The highest BCUT2D eigenvalue weighted by Gasteiger charge is 2.34. The maximum atomic E-state index is 13.3. The maximum Gasteiger partial charge on any atom is 0.232 e. The molecule has 2 aliphatic heterocycles. The zero-order valence-corrected chi connectivity index (χ0v) is 20.4. The fraction of sp³-hybridized carbons (Fsp3) is 0.423. The zero-order chi connectivity index (χ0) is 24.4. The summed E-state index contributed by atoms with van der Waals surface area (Å²) in [6.45, 7) is 9.30. The molecule has 0 atom stereocenters. The van der Waals surface area contributed by atoms with E-state index in [1.807, 2.05) is 6.92 Å². The lowest BCUT2D eigenvalue weighted by molar-refractivity contribution is 0.101. The topological polar surface area (TPSA) is 80.7 Å². The van der Waals surface area contributed by atoms with Gasteiger partial charge in [-0.15, -0.1) is 0 Å². The predicted molar refractivity (Wildman–Crippen MR) is 129 cm³/mol. The van der Waals surface area contributed by atoms with Gasteiger partial charge < -0.3 is 29.0 Å². The van der Waals surface area contributed by atoms with Crippen LogP contribution in [0.2, 0.25) is 0 Å². The molecule has 8 heteroatoms. The van der Waals surface area contributed by atoms with Gasteiger partial charge in [0.1, 0.15) is 11.5 Å². The van der Waals surface area contributed by atoms with Crippen LogP contribution < -0.4 is 18.9 Å². The highest BCUT2D eigenvalue weighted by Crippen LogP contribution is 2.43. The van der Waals surface area contributed by atoms with E-state index >= 15 is 0 Å². The van der Waals surface area contributed by atoms with Gasteiger partial charge in [0.2, 0.25) is 11.5 Å². The van der Waals surface area contributed by atoms with Crippen molar-refractivity contribution in [2.24, 2.45) is 0 Å². The Hall–Kier alpha value is -3.23. The van der Waals surface area contributed by atoms with Crippen LogP contribution in [-0.4, -0.2) is 74.7 Å². The third-order valence-electron chi connectivity index (χ3n) is 6.50. The molecule has 0 spiro atoms. The summed E-state index contributed by atoms with van der Waals surface area (Å²) in [5, 5.41) is 10.7. The Kier molecular flexibility index (Phi) is 7.00. The number of aromatic hydroxyl groups is 1. The second-order valence-corrected chi connectivity index (χ2v) is 8.50. The molecule has 0 amide bonds. The molecule has 0 bridgehead atoms. The van der Waals surface area contributed by atoms with Crippen molar-refractivity contribution in [2.45, 2.75) is 20.4 Å². The number of aryl methyl sites for hydroxylation is 1. The lowest BCUT2D eigenvalue weighted by atomic mass is 9.99. The molecule has 0 aliphatic carbocycles. The number of benzene rings is 2. The van der Waals surface area contributed by atoms with Gasteiger partial charge in [-0.1, -0.05) is 6.92 Å². The fourth-order valence-electron chi connectivity index (χ4n) is 4.56. The molecule has 4 rings (SSSR count). The molecule has 2 aromatic carbocycles. The minimum Gasteiger partial charge on any atom is -0.507 e. The van der Waals surface area contributed by atoms with Crippen molar-refractivity contribution >= 4 is 11.9 Å². The van der Waals surface area contributed by atoms with Gasteiger partial charge in [-0.25, -0.2) is 0 Å². The Morgan fingerprint density at radius 3 is 2.18 bits per heavy atom. The minimum atomic E-state index is -0.210. The summed E-state index contributed by atoms with van der Waals surface area (Å²) in [5.74, 6) is 2.01. The summed E-state index contributed by atoms with van der Waals surface area (Å²) in [5.41, 5.74) is 2.50. The van der Waals surface area contributed by atoms with Crippen molar-refractivity contribution in [3.63, 3.8) is 0 Å². The molecule has 1 N–H and O–H groups in total. The number of hydrogen-bond donors (Lipinski definition) is 1. The molecular formula is C26H32N2O6. The summed E-state index contributed by atoms with van der Waals surface area (Å²) < 4.78 is 22.3. The Labute approximate surface area is 200 Å². The van der Waals surface area contributed by atoms with Gasteiger partial charge in [0, 0.05) is 32.7 Å². The van der Waals surface area contributed by atoms with Crippen molar-refractivity contribution in [1.82, 2.24) is 9.80 Å². The summed E-state index contributed by atoms with van der Waals surface area (Å²) in [6.07, 6.45) is 1.66. The molecule has 1 fully saturated rings. The van der Waals surface area contributed by atoms with Crippen LogP contribution in [0.3, 0.4) is 0 Å². The summed E-state index contributed by atoms with van der Waals surface area (Å²) in [7, 11) is 4.62. The first-order valence-corrected chi connectivity index (χ1v) is 11.4. The Bertz CT molecular complexity index is 1090. The number of nitrogens with zero attached hydrogens (tertiary/aromatic N) is 2. The second kappa shape index (κ2) is 9.95. The predicted octanol–water partition coefficient (Wildman–Crippen LogP) is 3.48. The molecule has 0 saturated carbocycles. The average molecular weight is 469 g/mol. The second-order valence-electron chi connectivity index (χ2n) is 8.50. The fourth-order valence-corrected chi connectivity index (χ4v) is 4.56. The van der Waals surface area contributed by atoms with Crippen molar-refractivity contribution in [2.75, 3.05) is 54.1 Å². The molecule has 0 aromatic heterocycles. The van der Waals surface area contributed by atoms with Gasteiger partial charge in [0.25, 0.3) is 0 Å². The lowest BCUT2D eigenvalue weighted by Crippen LogP contribution is -2.45. The van der Waals surface area contributed by atoms with Crippen LogP contribution in [0, 0.1) is 6.92 Å². The van der Waals surface area contributed by atoms with Gasteiger partial charge >= 0.3 is 0 Å². The van der Waals surface area contributed by atoms with E-state index in [9.17, 15) is 9.90 Å². The summed E-state index contributed by atoms with van der Waals surface area (Å²) >= 11 is 0. The van der Waals surface area contributed by atoms with E-state index in [1.165, 1.54) is 7.11 Å². The van der Waals surface area contributed by atoms with Crippen molar-refractivity contribution in [3.05, 3.63) is 46.2 Å². The number of carbonyl (C=O) groups excluding carboxylic acids is 1. The van der Waals surface area contributed by atoms with E-state index in [4.69, 9.17) is 18.9 Å². The number of ketones is 1. The van der Waals surface area contributed by atoms with E-state index in [2.05, 4.69) is 16.7 Å². The van der Waals surface area contributed by atoms with E-state index in [0.29, 0.717) is 51.8 Å². The standard InChI is InChI=1S/C26H32N2O6/c1-6-27-7-9-28(10-8-27)15-18-19(29)11-16(2)23-24(30)20(34-25(18)23)12-17-13-21(31-3)26(33-5)22(14-17)32-4/h11-14,29H,6-10,15H2,1-5H3/b20-12-. The number of fused-ring (bicyclic) bond motifs is 1. The minimum absolute atomic E-state index is 0.149. The molecule has 2 aromatic rings. The molecule has 1 saturated heterocycles. The number of Topliss-reactive ketones (excluding diaryl/α,β-unsaturated/α-hetero) is 1. The van der Waals surface area contributed by atoms with E-state index in [-0.39, 0.29) is 17.3 Å². The van der Waals surface area contributed by atoms with Gasteiger partial charge in [-0.05, 0) is 48.9 Å². The van der Waals surface area contributed by atoms with Crippen LogP contribution in [0.5, 0.6) is 28.7 Å². The number of phenols is 1. The third-order valence-corrected chi connectivity index (χ3v) is 6.50.